The number of anilines is 1. The molecule has 1 atom stereocenters. The zero-order valence-electron chi connectivity index (χ0n) is 11.6. The number of ether oxygens (including phenoxy) is 1. The third kappa shape index (κ3) is 3.47. The van der Waals surface area contributed by atoms with Gasteiger partial charge in [-0.05, 0) is 35.7 Å². The van der Waals surface area contributed by atoms with Crippen LogP contribution in [0.2, 0.25) is 0 Å². The summed E-state index contributed by atoms with van der Waals surface area (Å²) in [6.45, 7) is 4.39. The van der Waals surface area contributed by atoms with Crippen LogP contribution in [0, 0.1) is 5.92 Å². The summed E-state index contributed by atoms with van der Waals surface area (Å²) in [5, 5.41) is 3.48. The molecule has 0 aliphatic heterocycles. The smallest absolute Gasteiger partial charge is 0.126 e. The summed E-state index contributed by atoms with van der Waals surface area (Å²) in [5.41, 5.74) is 1.21. The Bertz CT molecular complexity index is 511. The highest BCUT2D eigenvalue weighted by molar-refractivity contribution is 5.40. The lowest BCUT2D eigenvalue weighted by Gasteiger charge is -2.23. The molecule has 0 amide bonds. The van der Waals surface area contributed by atoms with Crippen LogP contribution in [0.5, 0.6) is 5.75 Å². The number of benzene rings is 1. The van der Waals surface area contributed by atoms with Gasteiger partial charge in [-0.1, -0.05) is 32.0 Å². The lowest BCUT2D eigenvalue weighted by molar-refractivity contribution is 0.413. The normalized spacial score (nSPS) is 12.2. The highest BCUT2D eigenvalue weighted by Gasteiger charge is 2.16. The lowest BCUT2D eigenvalue weighted by Crippen LogP contribution is -2.17. The van der Waals surface area contributed by atoms with E-state index < -0.39 is 0 Å². The van der Waals surface area contributed by atoms with E-state index in [4.69, 9.17) is 4.74 Å². The van der Waals surface area contributed by atoms with Crippen LogP contribution >= 0.6 is 0 Å². The highest BCUT2D eigenvalue weighted by Crippen LogP contribution is 2.28. The second-order valence-electron chi connectivity index (χ2n) is 4.86. The van der Waals surface area contributed by atoms with E-state index in [1.54, 1.807) is 13.3 Å². The number of pyridine rings is 1. The summed E-state index contributed by atoms with van der Waals surface area (Å²) >= 11 is 0. The fourth-order valence-corrected chi connectivity index (χ4v) is 2.08. The van der Waals surface area contributed by atoms with Crippen LogP contribution in [0.15, 0.2) is 48.7 Å². The third-order valence-corrected chi connectivity index (χ3v) is 3.09. The largest absolute Gasteiger partial charge is 0.497 e. The van der Waals surface area contributed by atoms with Gasteiger partial charge in [0.2, 0.25) is 0 Å². The molecule has 0 radical (unpaired) electrons. The van der Waals surface area contributed by atoms with Crippen LogP contribution in [0.25, 0.3) is 0 Å². The molecule has 0 fully saturated rings. The molecule has 0 spiro atoms. The number of methoxy groups -OCH3 is 1. The minimum atomic E-state index is 0.213. The molecule has 3 heteroatoms. The highest BCUT2D eigenvalue weighted by atomic mass is 16.5. The molecular formula is C16H20N2O. The van der Waals surface area contributed by atoms with Gasteiger partial charge < -0.3 is 10.1 Å². The van der Waals surface area contributed by atoms with Crippen LogP contribution in [-0.2, 0) is 0 Å². The SMILES string of the molecule is COc1cccc(C(Nc2ccccn2)C(C)C)c1. The van der Waals surface area contributed by atoms with E-state index in [9.17, 15) is 0 Å². The first-order valence-corrected chi connectivity index (χ1v) is 6.52. The first kappa shape index (κ1) is 13.4. The maximum absolute atomic E-state index is 5.29. The third-order valence-electron chi connectivity index (χ3n) is 3.09. The van der Waals surface area contributed by atoms with Crippen molar-refractivity contribution < 1.29 is 4.74 Å². The molecular weight excluding hydrogens is 236 g/mol. The molecule has 2 aromatic rings. The van der Waals surface area contributed by atoms with Crippen molar-refractivity contribution in [3.8, 4) is 5.75 Å². The van der Waals surface area contributed by atoms with E-state index in [0.717, 1.165) is 11.6 Å². The second-order valence-corrected chi connectivity index (χ2v) is 4.86. The number of rotatable bonds is 5. The maximum atomic E-state index is 5.29. The molecule has 1 heterocycles. The Balaban J connectivity index is 2.24. The van der Waals surface area contributed by atoms with Crippen molar-refractivity contribution >= 4 is 5.82 Å². The molecule has 1 unspecified atom stereocenters. The Hall–Kier alpha value is -2.03. The Morgan fingerprint density at radius 3 is 2.58 bits per heavy atom. The molecule has 0 bridgehead atoms. The number of aromatic nitrogens is 1. The second kappa shape index (κ2) is 6.23. The molecule has 1 N–H and O–H groups in total. The average Bonchev–Trinajstić information content (AvgIpc) is 2.45. The molecule has 3 nitrogen and oxygen atoms in total. The zero-order chi connectivity index (χ0) is 13.7. The average molecular weight is 256 g/mol. The van der Waals surface area contributed by atoms with E-state index in [2.05, 4.69) is 36.3 Å². The zero-order valence-corrected chi connectivity index (χ0v) is 11.6. The van der Waals surface area contributed by atoms with Crippen LogP contribution in [-0.4, -0.2) is 12.1 Å². The first-order valence-electron chi connectivity index (χ1n) is 6.52. The molecule has 1 aromatic heterocycles. The minimum absolute atomic E-state index is 0.213. The minimum Gasteiger partial charge on any atom is -0.497 e. The van der Waals surface area contributed by atoms with Crippen LogP contribution in [0.4, 0.5) is 5.82 Å². The summed E-state index contributed by atoms with van der Waals surface area (Å²) in [5.74, 6) is 2.23. The fraction of sp³-hybridized carbons (Fsp3) is 0.312. The van der Waals surface area contributed by atoms with Crippen molar-refractivity contribution in [2.75, 3.05) is 12.4 Å². The van der Waals surface area contributed by atoms with Crippen molar-refractivity contribution in [2.45, 2.75) is 19.9 Å². The maximum Gasteiger partial charge on any atom is 0.126 e. The van der Waals surface area contributed by atoms with Crippen LogP contribution in [0.3, 0.4) is 0 Å². The summed E-state index contributed by atoms with van der Waals surface area (Å²) in [6, 6.07) is 14.3. The Morgan fingerprint density at radius 2 is 1.95 bits per heavy atom. The molecule has 0 aliphatic carbocycles. The summed E-state index contributed by atoms with van der Waals surface area (Å²) in [4.78, 5) is 4.33. The van der Waals surface area contributed by atoms with E-state index in [0.29, 0.717) is 5.92 Å². The predicted molar refractivity (Wildman–Crippen MR) is 78.4 cm³/mol. The van der Waals surface area contributed by atoms with Gasteiger partial charge in [-0.25, -0.2) is 4.98 Å². The number of nitrogens with one attached hydrogen (secondary N) is 1. The van der Waals surface area contributed by atoms with E-state index in [-0.39, 0.29) is 6.04 Å². The Morgan fingerprint density at radius 1 is 1.11 bits per heavy atom. The molecule has 19 heavy (non-hydrogen) atoms. The summed E-state index contributed by atoms with van der Waals surface area (Å²) in [6.07, 6.45) is 1.80. The standard InChI is InChI=1S/C16H20N2O/c1-12(2)16(18-15-9-4-5-10-17-15)13-7-6-8-14(11-13)19-3/h4-12,16H,1-3H3,(H,17,18). The Labute approximate surface area is 114 Å². The van der Waals surface area contributed by atoms with Gasteiger partial charge >= 0.3 is 0 Å². The van der Waals surface area contributed by atoms with Gasteiger partial charge in [-0.15, -0.1) is 0 Å². The van der Waals surface area contributed by atoms with Crippen molar-refractivity contribution in [2.24, 2.45) is 5.92 Å². The van der Waals surface area contributed by atoms with Crippen LogP contribution in [0.1, 0.15) is 25.5 Å². The molecule has 0 saturated heterocycles. The van der Waals surface area contributed by atoms with Gasteiger partial charge in [-0.2, -0.15) is 0 Å². The van der Waals surface area contributed by atoms with Crippen LogP contribution < -0.4 is 10.1 Å². The number of hydrogen-bond donors (Lipinski definition) is 1. The van der Waals surface area contributed by atoms with Gasteiger partial charge in [0.15, 0.2) is 0 Å². The quantitative estimate of drug-likeness (QED) is 0.881. The summed E-state index contributed by atoms with van der Waals surface area (Å²) < 4.78 is 5.29. The van der Waals surface area contributed by atoms with E-state index in [1.807, 2.05) is 30.3 Å². The van der Waals surface area contributed by atoms with E-state index in [1.165, 1.54) is 5.56 Å². The lowest BCUT2D eigenvalue weighted by atomic mass is 9.96. The Kier molecular flexibility index (Phi) is 4.39. The fourth-order valence-electron chi connectivity index (χ4n) is 2.08. The topological polar surface area (TPSA) is 34.1 Å². The van der Waals surface area contributed by atoms with Gasteiger partial charge in [0.1, 0.15) is 11.6 Å². The van der Waals surface area contributed by atoms with Gasteiger partial charge in [-0.3, -0.25) is 0 Å². The monoisotopic (exact) mass is 256 g/mol. The molecule has 100 valence electrons. The van der Waals surface area contributed by atoms with Gasteiger partial charge in [0.25, 0.3) is 0 Å². The number of hydrogen-bond acceptors (Lipinski definition) is 3. The van der Waals surface area contributed by atoms with Crippen molar-refractivity contribution in [3.05, 3.63) is 54.2 Å². The van der Waals surface area contributed by atoms with Crippen molar-refractivity contribution in [3.63, 3.8) is 0 Å². The van der Waals surface area contributed by atoms with Crippen molar-refractivity contribution in [1.29, 1.82) is 0 Å². The summed E-state index contributed by atoms with van der Waals surface area (Å²) in [7, 11) is 1.69. The molecule has 1 aromatic carbocycles. The van der Waals surface area contributed by atoms with Crippen molar-refractivity contribution in [1.82, 2.24) is 4.98 Å². The van der Waals surface area contributed by atoms with Gasteiger partial charge in [0.05, 0.1) is 13.2 Å². The predicted octanol–water partition coefficient (Wildman–Crippen LogP) is 3.90. The van der Waals surface area contributed by atoms with Gasteiger partial charge in [0, 0.05) is 6.20 Å². The molecule has 0 saturated carbocycles. The first-order chi connectivity index (χ1) is 9.20. The van der Waals surface area contributed by atoms with E-state index >= 15 is 0 Å². The molecule has 0 aliphatic rings. The molecule has 2 rings (SSSR count). The number of nitrogens with zero attached hydrogens (tertiary/aromatic N) is 1.